The summed E-state index contributed by atoms with van der Waals surface area (Å²) >= 11 is 0.984. The van der Waals surface area contributed by atoms with Crippen molar-refractivity contribution in [2.45, 2.75) is 27.7 Å². The number of hydrogen-bond acceptors (Lipinski definition) is 6. The first kappa shape index (κ1) is 20.4. The summed E-state index contributed by atoms with van der Waals surface area (Å²) < 4.78 is 10.1. The van der Waals surface area contributed by atoms with Crippen LogP contribution in [0.4, 0.5) is 15.5 Å². The molecule has 2 N–H and O–H groups in total. The molecule has 8 heteroatoms. The van der Waals surface area contributed by atoms with E-state index in [2.05, 4.69) is 10.6 Å². The highest BCUT2D eigenvalue weighted by molar-refractivity contribution is 7.18. The lowest BCUT2D eigenvalue weighted by molar-refractivity contribution is 0.0527. The summed E-state index contributed by atoms with van der Waals surface area (Å²) in [5.74, 6) is -1.15. The van der Waals surface area contributed by atoms with Gasteiger partial charge in [-0.3, -0.25) is 5.32 Å². The molecule has 0 bridgehead atoms. The fourth-order valence-corrected chi connectivity index (χ4v) is 3.50. The molecule has 1 aromatic heterocycles. The minimum Gasteiger partial charge on any atom is -0.462 e. The number of aryl methyl sites for hydroxylation is 1. The molecule has 7 nitrogen and oxygen atoms in total. The smallest absolute Gasteiger partial charge is 0.348 e. The Hall–Kier alpha value is -2.87. The minimum absolute atomic E-state index is 0.157. The Kier molecular flexibility index (Phi) is 6.95. The fraction of sp³-hybridized carbons (Fsp3) is 0.316. The monoisotopic (exact) mass is 390 g/mol. The molecule has 0 saturated heterocycles. The van der Waals surface area contributed by atoms with Crippen LogP contribution in [-0.2, 0) is 9.47 Å². The molecule has 144 valence electrons. The van der Waals surface area contributed by atoms with Gasteiger partial charge in [-0.1, -0.05) is 18.2 Å². The zero-order valence-corrected chi connectivity index (χ0v) is 16.5. The number of carbonyl (C=O) groups is 3. The van der Waals surface area contributed by atoms with Crippen molar-refractivity contribution in [1.29, 1.82) is 0 Å². The second kappa shape index (κ2) is 9.18. The highest BCUT2D eigenvalue weighted by Gasteiger charge is 2.27. The molecule has 0 radical (unpaired) electrons. The Morgan fingerprint density at radius 2 is 1.59 bits per heavy atom. The normalized spacial score (nSPS) is 10.2. The van der Waals surface area contributed by atoms with Crippen LogP contribution in [-0.4, -0.2) is 31.2 Å². The summed E-state index contributed by atoms with van der Waals surface area (Å²) in [6, 6.07) is 6.79. The van der Waals surface area contributed by atoms with E-state index in [4.69, 9.17) is 9.47 Å². The second-order valence-electron chi connectivity index (χ2n) is 5.60. The maximum absolute atomic E-state index is 12.4. The second-order valence-corrected chi connectivity index (χ2v) is 6.62. The number of anilines is 2. The third kappa shape index (κ3) is 4.85. The summed E-state index contributed by atoms with van der Waals surface area (Å²) in [4.78, 5) is 37.1. The predicted molar refractivity (Wildman–Crippen MR) is 105 cm³/mol. The van der Waals surface area contributed by atoms with Crippen LogP contribution in [0.2, 0.25) is 0 Å². The zero-order valence-electron chi connectivity index (χ0n) is 15.7. The average Bonchev–Trinajstić information content (AvgIpc) is 2.93. The van der Waals surface area contributed by atoms with Gasteiger partial charge in [0.05, 0.1) is 18.8 Å². The molecular formula is C19H22N2O5S. The molecule has 2 amide bonds. The van der Waals surface area contributed by atoms with Crippen LogP contribution in [0.3, 0.4) is 0 Å². The molecule has 1 heterocycles. The van der Waals surface area contributed by atoms with Gasteiger partial charge >= 0.3 is 18.0 Å². The number of rotatable bonds is 6. The van der Waals surface area contributed by atoms with E-state index in [0.717, 1.165) is 16.9 Å². The quantitative estimate of drug-likeness (QED) is 0.715. The molecule has 2 aromatic rings. The number of urea groups is 1. The van der Waals surface area contributed by atoms with Crippen molar-refractivity contribution >= 4 is 40.0 Å². The van der Waals surface area contributed by atoms with Gasteiger partial charge in [-0.2, -0.15) is 0 Å². The molecule has 0 unspecified atom stereocenters. The molecule has 2 rings (SSSR count). The van der Waals surface area contributed by atoms with Gasteiger partial charge in [-0.25, -0.2) is 14.4 Å². The topological polar surface area (TPSA) is 93.7 Å². The van der Waals surface area contributed by atoms with Gasteiger partial charge < -0.3 is 14.8 Å². The SMILES string of the molecule is CCOC(=O)c1sc(NC(=O)Nc2ccccc2C)c(C(=O)OCC)c1C. The lowest BCUT2D eigenvalue weighted by atomic mass is 10.1. The molecular weight excluding hydrogens is 368 g/mol. The molecule has 0 spiro atoms. The van der Waals surface area contributed by atoms with Crippen molar-refractivity contribution in [2.75, 3.05) is 23.8 Å². The third-order valence-electron chi connectivity index (χ3n) is 3.71. The highest BCUT2D eigenvalue weighted by atomic mass is 32.1. The van der Waals surface area contributed by atoms with E-state index in [1.807, 2.05) is 19.1 Å². The van der Waals surface area contributed by atoms with Crippen LogP contribution in [0, 0.1) is 13.8 Å². The summed E-state index contributed by atoms with van der Waals surface area (Å²) in [5.41, 5.74) is 2.12. The van der Waals surface area contributed by atoms with Crippen molar-refractivity contribution in [1.82, 2.24) is 0 Å². The number of ether oxygens (including phenoxy) is 2. The summed E-state index contributed by atoms with van der Waals surface area (Å²) in [5, 5.41) is 5.61. The van der Waals surface area contributed by atoms with Crippen LogP contribution in [0.5, 0.6) is 0 Å². The Labute approximate surface area is 161 Å². The Morgan fingerprint density at radius 1 is 0.963 bits per heavy atom. The van der Waals surface area contributed by atoms with Crippen LogP contribution < -0.4 is 10.6 Å². The van der Waals surface area contributed by atoms with Crippen LogP contribution in [0.1, 0.15) is 45.0 Å². The zero-order chi connectivity index (χ0) is 20.0. The minimum atomic E-state index is -0.604. The number of nitrogens with one attached hydrogen (secondary N) is 2. The molecule has 27 heavy (non-hydrogen) atoms. The van der Waals surface area contributed by atoms with Crippen LogP contribution in [0.15, 0.2) is 24.3 Å². The van der Waals surface area contributed by atoms with Crippen molar-refractivity contribution in [3.8, 4) is 0 Å². The lowest BCUT2D eigenvalue weighted by Gasteiger charge is -2.10. The Balaban J connectivity index is 2.32. The number of amides is 2. The van der Waals surface area contributed by atoms with Gasteiger partial charge in [0, 0.05) is 5.69 Å². The fourth-order valence-electron chi connectivity index (χ4n) is 2.41. The number of benzene rings is 1. The number of esters is 2. The van der Waals surface area contributed by atoms with Crippen molar-refractivity contribution < 1.29 is 23.9 Å². The summed E-state index contributed by atoms with van der Waals surface area (Å²) in [6.07, 6.45) is 0. The molecule has 0 aliphatic carbocycles. The van der Waals surface area contributed by atoms with E-state index in [0.29, 0.717) is 11.3 Å². The van der Waals surface area contributed by atoms with Gasteiger partial charge in [-0.05, 0) is 44.9 Å². The molecule has 0 aliphatic heterocycles. The van der Waals surface area contributed by atoms with E-state index >= 15 is 0 Å². The first-order chi connectivity index (χ1) is 12.9. The van der Waals surface area contributed by atoms with Crippen LogP contribution >= 0.6 is 11.3 Å². The van der Waals surface area contributed by atoms with Crippen molar-refractivity contribution in [3.05, 3.63) is 45.8 Å². The Bertz CT molecular complexity index is 860. The van der Waals surface area contributed by atoms with Crippen LogP contribution in [0.25, 0.3) is 0 Å². The van der Waals surface area contributed by atoms with Crippen molar-refractivity contribution in [3.63, 3.8) is 0 Å². The first-order valence-corrected chi connectivity index (χ1v) is 9.31. The predicted octanol–water partition coefficient (Wildman–Crippen LogP) is 4.36. The Morgan fingerprint density at radius 3 is 2.22 bits per heavy atom. The van der Waals surface area contributed by atoms with E-state index in [1.165, 1.54) is 0 Å². The molecule has 0 aliphatic rings. The number of carbonyl (C=O) groups excluding carboxylic acids is 3. The molecule has 0 atom stereocenters. The van der Waals surface area contributed by atoms with Gasteiger partial charge in [0.25, 0.3) is 0 Å². The lowest BCUT2D eigenvalue weighted by Crippen LogP contribution is -2.21. The molecule has 0 fully saturated rings. The number of para-hydroxylation sites is 1. The average molecular weight is 390 g/mol. The number of thiophene rings is 1. The van der Waals surface area contributed by atoms with Crippen molar-refractivity contribution in [2.24, 2.45) is 0 Å². The van der Waals surface area contributed by atoms with E-state index in [9.17, 15) is 14.4 Å². The third-order valence-corrected chi connectivity index (χ3v) is 4.89. The maximum Gasteiger partial charge on any atom is 0.348 e. The number of hydrogen-bond donors (Lipinski definition) is 2. The standard InChI is InChI=1S/C19H22N2O5S/c1-5-25-17(22)14-12(4)15(18(23)26-6-2)27-16(14)21-19(24)20-13-10-8-7-9-11(13)3/h7-10H,5-6H2,1-4H3,(H2,20,21,24). The molecule has 1 aromatic carbocycles. The highest BCUT2D eigenvalue weighted by Crippen LogP contribution is 2.34. The summed E-state index contributed by atoms with van der Waals surface area (Å²) in [6.45, 7) is 7.26. The van der Waals surface area contributed by atoms with Gasteiger partial charge in [0.15, 0.2) is 0 Å². The molecule has 0 saturated carbocycles. The summed E-state index contributed by atoms with van der Waals surface area (Å²) in [7, 11) is 0. The van der Waals surface area contributed by atoms with E-state index in [1.54, 1.807) is 32.9 Å². The van der Waals surface area contributed by atoms with E-state index in [-0.39, 0.29) is 28.7 Å². The van der Waals surface area contributed by atoms with Gasteiger partial charge in [0.1, 0.15) is 9.88 Å². The maximum atomic E-state index is 12.4. The van der Waals surface area contributed by atoms with E-state index < -0.39 is 18.0 Å². The van der Waals surface area contributed by atoms with Gasteiger partial charge in [0.2, 0.25) is 0 Å². The first-order valence-electron chi connectivity index (χ1n) is 8.50. The van der Waals surface area contributed by atoms with Gasteiger partial charge in [-0.15, -0.1) is 11.3 Å². The largest absolute Gasteiger partial charge is 0.462 e.